The molecule has 3 aromatic carbocycles. The van der Waals surface area contributed by atoms with Crippen molar-refractivity contribution in [3.8, 4) is 5.75 Å². The fourth-order valence-corrected chi connectivity index (χ4v) is 3.59. The fourth-order valence-electron chi connectivity index (χ4n) is 2.56. The van der Waals surface area contributed by atoms with Crippen molar-refractivity contribution in [1.82, 2.24) is 5.43 Å². The van der Waals surface area contributed by atoms with E-state index in [1.807, 2.05) is 73.7 Å². The van der Waals surface area contributed by atoms with Crippen LogP contribution in [0.2, 0.25) is 5.02 Å². The maximum absolute atomic E-state index is 12.2. The van der Waals surface area contributed by atoms with Crippen LogP contribution in [0.5, 0.6) is 5.75 Å². The number of carbonyl (C=O) groups excluding carboxylic acids is 1. The third kappa shape index (κ3) is 6.94. The first-order valence-electron chi connectivity index (χ1n) is 9.56. The number of nitrogens with zero attached hydrogens (tertiary/aromatic N) is 1. The molecule has 0 aromatic heterocycles. The standard InChI is InChI=1S/C24H23ClN2O2S/c1-18(30-17-20-7-3-2-4-8-20)24(28)27-26-15-19-11-13-22(14-12-19)29-16-21-9-5-6-10-23(21)25/h2-15,18H,16-17H2,1H3,(H,27,28)/b26-15-/t18-/m1/s1. The number of hydrazone groups is 1. The minimum absolute atomic E-state index is 0.119. The summed E-state index contributed by atoms with van der Waals surface area (Å²) in [5.41, 5.74) is 5.60. The molecule has 0 saturated carbocycles. The summed E-state index contributed by atoms with van der Waals surface area (Å²) >= 11 is 7.72. The molecular weight excluding hydrogens is 416 g/mol. The normalized spacial score (nSPS) is 11.9. The van der Waals surface area contributed by atoms with Crippen LogP contribution in [0.15, 0.2) is 84.0 Å². The third-order valence-corrected chi connectivity index (χ3v) is 5.92. The molecule has 0 aliphatic rings. The lowest BCUT2D eigenvalue weighted by Gasteiger charge is -2.09. The molecule has 154 valence electrons. The Morgan fingerprint density at radius 1 is 1.07 bits per heavy atom. The van der Waals surface area contributed by atoms with Crippen molar-refractivity contribution >= 4 is 35.5 Å². The van der Waals surface area contributed by atoms with Crippen molar-refractivity contribution in [2.24, 2.45) is 5.10 Å². The van der Waals surface area contributed by atoms with E-state index in [1.54, 1.807) is 18.0 Å². The molecular formula is C24H23ClN2O2S. The second-order valence-corrected chi connectivity index (χ2v) is 8.36. The highest BCUT2D eigenvalue weighted by Gasteiger charge is 2.12. The molecule has 1 amide bonds. The van der Waals surface area contributed by atoms with Gasteiger partial charge in [-0.15, -0.1) is 11.8 Å². The quantitative estimate of drug-likeness (QED) is 0.345. The molecule has 4 nitrogen and oxygen atoms in total. The van der Waals surface area contributed by atoms with Gasteiger partial charge in [-0.25, -0.2) is 5.43 Å². The highest BCUT2D eigenvalue weighted by Crippen LogP contribution is 2.19. The zero-order valence-corrected chi connectivity index (χ0v) is 18.2. The summed E-state index contributed by atoms with van der Waals surface area (Å²) in [5.74, 6) is 1.41. The van der Waals surface area contributed by atoms with Crippen molar-refractivity contribution < 1.29 is 9.53 Å². The van der Waals surface area contributed by atoms with E-state index in [1.165, 1.54) is 5.56 Å². The van der Waals surface area contributed by atoms with Gasteiger partial charge in [-0.05, 0) is 48.4 Å². The first-order valence-corrected chi connectivity index (χ1v) is 11.0. The highest BCUT2D eigenvalue weighted by atomic mass is 35.5. The molecule has 0 bridgehead atoms. The minimum atomic E-state index is -0.192. The highest BCUT2D eigenvalue weighted by molar-refractivity contribution is 7.99. The van der Waals surface area contributed by atoms with Gasteiger partial charge >= 0.3 is 0 Å². The first-order chi connectivity index (χ1) is 14.6. The lowest BCUT2D eigenvalue weighted by Crippen LogP contribution is -2.26. The van der Waals surface area contributed by atoms with Crippen LogP contribution in [0, 0.1) is 0 Å². The molecule has 0 unspecified atom stereocenters. The van der Waals surface area contributed by atoms with Crippen molar-refractivity contribution in [2.75, 3.05) is 0 Å². The molecule has 6 heteroatoms. The van der Waals surface area contributed by atoms with Crippen molar-refractivity contribution in [2.45, 2.75) is 24.5 Å². The fraction of sp³-hybridized carbons (Fsp3) is 0.167. The van der Waals surface area contributed by atoms with Crippen LogP contribution in [-0.4, -0.2) is 17.4 Å². The SMILES string of the molecule is C[C@@H](SCc1ccccc1)C(=O)N/N=C\c1ccc(OCc2ccccc2Cl)cc1. The zero-order chi connectivity index (χ0) is 21.2. The number of thioether (sulfide) groups is 1. The van der Waals surface area contributed by atoms with Crippen LogP contribution < -0.4 is 10.2 Å². The van der Waals surface area contributed by atoms with Gasteiger partial charge in [0.2, 0.25) is 0 Å². The Kier molecular flexibility index (Phi) is 8.36. The van der Waals surface area contributed by atoms with Crippen molar-refractivity contribution in [3.05, 3.63) is 101 Å². The molecule has 30 heavy (non-hydrogen) atoms. The van der Waals surface area contributed by atoms with Gasteiger partial charge < -0.3 is 4.74 Å². The van der Waals surface area contributed by atoms with Crippen LogP contribution >= 0.6 is 23.4 Å². The van der Waals surface area contributed by atoms with Gasteiger partial charge in [0, 0.05) is 16.3 Å². The molecule has 0 aliphatic carbocycles. The van der Waals surface area contributed by atoms with E-state index in [2.05, 4.69) is 22.7 Å². The van der Waals surface area contributed by atoms with Crippen LogP contribution in [-0.2, 0) is 17.2 Å². The number of amides is 1. The summed E-state index contributed by atoms with van der Waals surface area (Å²) in [5, 5.41) is 4.55. The van der Waals surface area contributed by atoms with Crippen LogP contribution in [0.3, 0.4) is 0 Å². The second-order valence-electron chi connectivity index (χ2n) is 6.62. The number of nitrogens with one attached hydrogen (secondary N) is 1. The van der Waals surface area contributed by atoms with Crippen LogP contribution in [0.4, 0.5) is 0 Å². The number of ether oxygens (including phenoxy) is 1. The lowest BCUT2D eigenvalue weighted by atomic mass is 10.2. The lowest BCUT2D eigenvalue weighted by molar-refractivity contribution is -0.120. The van der Waals surface area contributed by atoms with E-state index in [0.717, 1.165) is 22.6 Å². The molecule has 1 atom stereocenters. The van der Waals surface area contributed by atoms with E-state index in [-0.39, 0.29) is 11.2 Å². The number of hydrogen-bond acceptors (Lipinski definition) is 4. The smallest absolute Gasteiger partial charge is 0.252 e. The van der Waals surface area contributed by atoms with E-state index in [0.29, 0.717) is 11.6 Å². The average Bonchev–Trinajstić information content (AvgIpc) is 2.78. The average molecular weight is 439 g/mol. The maximum Gasteiger partial charge on any atom is 0.252 e. The molecule has 0 radical (unpaired) electrons. The Bertz CT molecular complexity index is 978. The molecule has 0 heterocycles. The van der Waals surface area contributed by atoms with E-state index in [9.17, 15) is 4.79 Å². The number of benzene rings is 3. The summed E-state index contributed by atoms with van der Waals surface area (Å²) in [6.45, 7) is 2.28. The van der Waals surface area contributed by atoms with Crippen molar-refractivity contribution in [1.29, 1.82) is 0 Å². The number of halogens is 1. The second kappa shape index (κ2) is 11.4. The Balaban J connectivity index is 1.43. The number of rotatable bonds is 9. The minimum Gasteiger partial charge on any atom is -0.489 e. The predicted molar refractivity (Wildman–Crippen MR) is 125 cm³/mol. The van der Waals surface area contributed by atoms with Gasteiger partial charge in [-0.3, -0.25) is 4.79 Å². The van der Waals surface area contributed by atoms with Gasteiger partial charge in [-0.1, -0.05) is 60.1 Å². The topological polar surface area (TPSA) is 50.7 Å². The molecule has 3 rings (SSSR count). The summed E-state index contributed by atoms with van der Waals surface area (Å²) in [4.78, 5) is 12.2. The van der Waals surface area contributed by atoms with Gasteiger partial charge in [0.05, 0.1) is 11.5 Å². The Morgan fingerprint density at radius 3 is 2.50 bits per heavy atom. The van der Waals surface area contributed by atoms with Gasteiger partial charge in [0.15, 0.2) is 0 Å². The summed E-state index contributed by atoms with van der Waals surface area (Å²) < 4.78 is 5.76. The van der Waals surface area contributed by atoms with Gasteiger partial charge in [0.25, 0.3) is 5.91 Å². The summed E-state index contributed by atoms with van der Waals surface area (Å²) in [6.07, 6.45) is 1.62. The molecule has 0 fully saturated rings. The molecule has 1 N–H and O–H groups in total. The van der Waals surface area contributed by atoms with Crippen LogP contribution in [0.25, 0.3) is 0 Å². The third-order valence-electron chi connectivity index (χ3n) is 4.33. The van der Waals surface area contributed by atoms with Crippen molar-refractivity contribution in [3.63, 3.8) is 0 Å². The van der Waals surface area contributed by atoms with Gasteiger partial charge in [-0.2, -0.15) is 5.10 Å². The number of hydrogen-bond donors (Lipinski definition) is 1. The van der Waals surface area contributed by atoms with Crippen LogP contribution in [0.1, 0.15) is 23.6 Å². The molecule has 0 spiro atoms. The first kappa shape index (κ1) is 21.9. The van der Waals surface area contributed by atoms with E-state index < -0.39 is 0 Å². The monoisotopic (exact) mass is 438 g/mol. The zero-order valence-electron chi connectivity index (χ0n) is 16.6. The summed E-state index contributed by atoms with van der Waals surface area (Å²) in [6, 6.07) is 25.2. The maximum atomic E-state index is 12.2. The largest absolute Gasteiger partial charge is 0.489 e. The summed E-state index contributed by atoms with van der Waals surface area (Å²) in [7, 11) is 0. The van der Waals surface area contributed by atoms with Gasteiger partial charge in [0.1, 0.15) is 12.4 Å². The number of carbonyl (C=O) groups is 1. The molecule has 0 saturated heterocycles. The predicted octanol–water partition coefficient (Wildman–Crippen LogP) is 5.69. The Hall–Kier alpha value is -2.76. The molecule has 3 aromatic rings. The molecule has 0 aliphatic heterocycles. The Labute approximate surface area is 186 Å². The van der Waals surface area contributed by atoms with E-state index >= 15 is 0 Å². The van der Waals surface area contributed by atoms with E-state index in [4.69, 9.17) is 16.3 Å². The Morgan fingerprint density at radius 2 is 1.77 bits per heavy atom.